The summed E-state index contributed by atoms with van der Waals surface area (Å²) in [6.45, 7) is 1.74. The highest BCUT2D eigenvalue weighted by molar-refractivity contribution is 14.1. The summed E-state index contributed by atoms with van der Waals surface area (Å²) in [5.74, 6) is -2.65. The van der Waals surface area contributed by atoms with Crippen LogP contribution in [-0.4, -0.2) is 14.0 Å². The fraction of sp³-hybridized carbons (Fsp3) is 0.0952. The van der Waals surface area contributed by atoms with Gasteiger partial charge in [-0.1, -0.05) is 36.4 Å². The van der Waals surface area contributed by atoms with Gasteiger partial charge in [-0.05, 0) is 47.9 Å². The van der Waals surface area contributed by atoms with Crippen molar-refractivity contribution < 1.29 is 23.8 Å². The summed E-state index contributed by atoms with van der Waals surface area (Å²) < 4.78 is 28.0. The van der Waals surface area contributed by atoms with Crippen molar-refractivity contribution in [3.8, 4) is 11.5 Å². The van der Waals surface area contributed by atoms with Crippen molar-refractivity contribution in [2.45, 2.75) is 12.3 Å². The van der Waals surface area contributed by atoms with Gasteiger partial charge in [0.15, 0.2) is 23.1 Å². The van der Waals surface area contributed by atoms with E-state index >= 15 is 0 Å². The van der Waals surface area contributed by atoms with Gasteiger partial charge in [-0.2, -0.15) is 0 Å². The molecule has 0 saturated heterocycles. The van der Waals surface area contributed by atoms with Crippen LogP contribution in [0.15, 0.2) is 60.7 Å². The first kappa shape index (κ1) is 19.3. The van der Waals surface area contributed by atoms with Gasteiger partial charge in [0, 0.05) is 33.6 Å². The molecular weight excluding hydrogens is 465 g/mol. The van der Waals surface area contributed by atoms with E-state index in [1.807, 2.05) is 0 Å². The first-order valence-electron chi connectivity index (χ1n) is 8.02. The quantitative estimate of drug-likeness (QED) is 0.303. The molecule has 0 heterocycles. The Hall–Kier alpha value is -2.48. The first-order chi connectivity index (χ1) is 12.7. The highest BCUT2D eigenvalue weighted by Crippen LogP contribution is 2.42. The average Bonchev–Trinajstić information content (AvgIpc) is 2.65. The lowest BCUT2D eigenvalue weighted by molar-refractivity contribution is 0.110. The normalized spacial score (nSPS) is 11.4. The van der Waals surface area contributed by atoms with Crippen molar-refractivity contribution in [1.29, 1.82) is 0 Å². The van der Waals surface area contributed by atoms with Crippen LogP contribution in [-0.2, 0) is 5.41 Å². The lowest BCUT2D eigenvalue weighted by Crippen LogP contribution is -2.27. The lowest BCUT2D eigenvalue weighted by Gasteiger charge is -2.33. The van der Waals surface area contributed by atoms with Crippen molar-refractivity contribution in [2.24, 2.45) is 0 Å². The molecule has 0 bridgehead atoms. The van der Waals surface area contributed by atoms with Crippen molar-refractivity contribution in [2.75, 3.05) is 0 Å². The second-order valence-corrected chi connectivity index (χ2v) is 7.26. The van der Waals surface area contributed by atoms with E-state index in [9.17, 15) is 23.8 Å². The van der Waals surface area contributed by atoms with Crippen molar-refractivity contribution in [3.05, 3.63) is 94.6 Å². The molecule has 0 unspecified atom stereocenters. The minimum Gasteiger partial charge on any atom is -0.505 e. The summed E-state index contributed by atoms with van der Waals surface area (Å²) in [5.41, 5.74) is 0.698. The van der Waals surface area contributed by atoms with Crippen LogP contribution in [0.3, 0.4) is 0 Å². The fourth-order valence-corrected chi connectivity index (χ4v) is 3.67. The van der Waals surface area contributed by atoms with Gasteiger partial charge in [0.05, 0.1) is 0 Å². The highest BCUT2D eigenvalue weighted by Gasteiger charge is 2.35. The van der Waals surface area contributed by atoms with E-state index in [4.69, 9.17) is 0 Å². The zero-order valence-corrected chi connectivity index (χ0v) is 16.4. The van der Waals surface area contributed by atoms with Crippen LogP contribution < -0.4 is 0 Å². The summed E-state index contributed by atoms with van der Waals surface area (Å²) in [6.07, 6.45) is 0. The third-order valence-electron chi connectivity index (χ3n) is 4.73. The van der Waals surface area contributed by atoms with Crippen LogP contribution in [0.4, 0.5) is 8.78 Å². The zero-order valence-electron chi connectivity index (χ0n) is 14.2. The topological polar surface area (TPSA) is 57.5 Å². The third kappa shape index (κ3) is 3.41. The zero-order chi connectivity index (χ0) is 19.8. The maximum Gasteiger partial charge on any atom is 0.222 e. The summed E-state index contributed by atoms with van der Waals surface area (Å²) in [7, 11) is 0. The monoisotopic (exact) mass is 480 g/mol. The molecule has 138 valence electrons. The first-order valence-corrected chi connectivity index (χ1v) is 9.10. The summed E-state index contributed by atoms with van der Waals surface area (Å²) in [4.78, 5) is 12.2. The van der Waals surface area contributed by atoms with Crippen LogP contribution in [0.5, 0.6) is 11.5 Å². The molecule has 0 amide bonds. The van der Waals surface area contributed by atoms with E-state index in [1.165, 1.54) is 24.3 Å². The maximum atomic E-state index is 14.1. The summed E-state index contributed by atoms with van der Waals surface area (Å²) >= 11 is 1.67. The lowest BCUT2D eigenvalue weighted by atomic mass is 9.69. The minimum atomic E-state index is -1.11. The largest absolute Gasteiger partial charge is 0.505 e. The second-order valence-electron chi connectivity index (χ2n) is 6.28. The van der Waals surface area contributed by atoms with Crippen LogP contribution in [0.25, 0.3) is 0 Å². The molecule has 0 aliphatic rings. The Bertz CT molecular complexity index is 982. The molecule has 3 aromatic rings. The number of hydrogen-bond donors (Lipinski definition) is 2. The molecule has 0 saturated carbocycles. The molecule has 3 nitrogen and oxygen atoms in total. The Balaban J connectivity index is 2.38. The molecule has 0 aliphatic heterocycles. The number of hydrogen-bond acceptors (Lipinski definition) is 3. The molecule has 3 aromatic carbocycles. The van der Waals surface area contributed by atoms with Crippen LogP contribution >= 0.6 is 22.6 Å². The third-order valence-corrected chi connectivity index (χ3v) is 5.31. The van der Waals surface area contributed by atoms with Crippen molar-refractivity contribution in [3.63, 3.8) is 0 Å². The second kappa shape index (κ2) is 7.26. The molecule has 6 heteroatoms. The Labute approximate surface area is 168 Å². The number of aromatic hydroxyl groups is 2. The SMILES string of the molecule is CC(c1ccc(O)c(F)c1)(c1ccc(O)c(F)c1)c1ccccc1C(=O)I. The highest BCUT2D eigenvalue weighted by atomic mass is 127. The predicted molar refractivity (Wildman–Crippen MR) is 106 cm³/mol. The Morgan fingerprint density at radius 1 is 0.889 bits per heavy atom. The Kier molecular flexibility index (Phi) is 5.19. The molecule has 27 heavy (non-hydrogen) atoms. The molecule has 0 aliphatic carbocycles. The Morgan fingerprint density at radius 3 is 1.81 bits per heavy atom. The fourth-order valence-electron chi connectivity index (χ4n) is 3.20. The standard InChI is InChI=1S/C21H15F2IO3/c1-21(12-6-8-18(25)16(22)10-12,13-7-9-19(26)17(23)11-13)15-5-3-2-4-14(15)20(24)27/h2-11,25-26H,1H3. The number of carbonyl (C=O) groups is 1. The van der Waals surface area contributed by atoms with Crippen molar-refractivity contribution in [1.82, 2.24) is 0 Å². The number of phenolic OH excluding ortho intramolecular Hbond substituents is 2. The molecule has 2 N–H and O–H groups in total. The van der Waals surface area contributed by atoms with E-state index in [-0.39, 0.29) is 3.79 Å². The minimum absolute atomic E-state index is 0.215. The van der Waals surface area contributed by atoms with Crippen LogP contribution in [0.2, 0.25) is 0 Å². The van der Waals surface area contributed by atoms with Gasteiger partial charge >= 0.3 is 0 Å². The number of halogens is 3. The molecule has 0 atom stereocenters. The number of rotatable bonds is 4. The van der Waals surface area contributed by atoms with Gasteiger partial charge in [-0.25, -0.2) is 8.78 Å². The van der Waals surface area contributed by atoms with Gasteiger partial charge in [0.2, 0.25) is 3.79 Å². The van der Waals surface area contributed by atoms with E-state index in [1.54, 1.807) is 53.8 Å². The van der Waals surface area contributed by atoms with Crippen molar-refractivity contribution >= 4 is 26.4 Å². The molecule has 3 rings (SSSR count). The van der Waals surface area contributed by atoms with Gasteiger partial charge < -0.3 is 10.2 Å². The van der Waals surface area contributed by atoms with E-state index in [0.717, 1.165) is 12.1 Å². The van der Waals surface area contributed by atoms with E-state index in [0.29, 0.717) is 22.3 Å². The molecular formula is C21H15F2IO3. The number of carbonyl (C=O) groups excluding carboxylic acids is 1. The van der Waals surface area contributed by atoms with Gasteiger partial charge in [-0.15, -0.1) is 0 Å². The van der Waals surface area contributed by atoms with E-state index in [2.05, 4.69) is 0 Å². The predicted octanol–water partition coefficient (Wildman–Crippen LogP) is 5.31. The van der Waals surface area contributed by atoms with Gasteiger partial charge in [0.25, 0.3) is 0 Å². The maximum absolute atomic E-state index is 14.1. The average molecular weight is 480 g/mol. The number of phenols is 2. The van der Waals surface area contributed by atoms with Crippen LogP contribution in [0, 0.1) is 11.6 Å². The molecule has 0 aromatic heterocycles. The summed E-state index contributed by atoms with van der Waals surface area (Å²) in [5, 5.41) is 19.1. The molecule has 0 spiro atoms. The smallest absolute Gasteiger partial charge is 0.222 e. The van der Waals surface area contributed by atoms with Crippen LogP contribution in [0.1, 0.15) is 34.0 Å². The van der Waals surface area contributed by atoms with Gasteiger partial charge in [0.1, 0.15) is 0 Å². The number of benzene rings is 3. The van der Waals surface area contributed by atoms with E-state index < -0.39 is 28.5 Å². The van der Waals surface area contributed by atoms with Gasteiger partial charge in [-0.3, -0.25) is 4.79 Å². The Morgan fingerprint density at radius 2 is 1.37 bits per heavy atom. The molecule has 0 fully saturated rings. The molecule has 0 radical (unpaired) electrons. The summed E-state index contributed by atoms with van der Waals surface area (Å²) in [6, 6.07) is 14.6.